The fraction of sp³-hybridized carbons (Fsp3) is 0.765. The lowest BCUT2D eigenvalue weighted by molar-refractivity contribution is -0.214. The first-order chi connectivity index (χ1) is 10.1. The molecule has 4 fully saturated rings. The number of esters is 2. The molecular formula is C17H24O4. The molecule has 0 spiro atoms. The van der Waals surface area contributed by atoms with Crippen molar-refractivity contribution < 1.29 is 19.1 Å². The van der Waals surface area contributed by atoms with Crippen LogP contribution in [0.2, 0.25) is 0 Å². The second-order valence-corrected chi connectivity index (χ2v) is 6.90. The van der Waals surface area contributed by atoms with Crippen LogP contribution in [-0.2, 0) is 19.1 Å². The predicted molar refractivity (Wildman–Crippen MR) is 77.3 cm³/mol. The van der Waals surface area contributed by atoms with Crippen LogP contribution in [0.4, 0.5) is 0 Å². The molecule has 0 saturated heterocycles. The van der Waals surface area contributed by atoms with Gasteiger partial charge in [0.2, 0.25) is 0 Å². The first kappa shape index (κ1) is 14.6. The Morgan fingerprint density at radius 2 is 1.71 bits per heavy atom. The number of carbonyl (C=O) groups excluding carboxylic acids is 2. The maximum atomic E-state index is 12.1. The van der Waals surface area contributed by atoms with Gasteiger partial charge in [0.15, 0.2) is 6.61 Å². The van der Waals surface area contributed by atoms with Crippen LogP contribution in [-0.4, -0.2) is 24.1 Å². The van der Waals surface area contributed by atoms with Crippen LogP contribution in [0, 0.1) is 23.7 Å². The number of rotatable bonds is 5. The summed E-state index contributed by atoms with van der Waals surface area (Å²) in [5.74, 6) is 1.67. The Labute approximate surface area is 125 Å². The molecule has 0 aliphatic heterocycles. The molecule has 0 aromatic carbocycles. The van der Waals surface area contributed by atoms with Crippen molar-refractivity contribution in [3.05, 3.63) is 12.7 Å². The van der Waals surface area contributed by atoms with Gasteiger partial charge >= 0.3 is 11.9 Å². The van der Waals surface area contributed by atoms with Crippen LogP contribution in [0.3, 0.4) is 0 Å². The molecule has 4 aliphatic rings. The van der Waals surface area contributed by atoms with Gasteiger partial charge in [0.25, 0.3) is 0 Å². The van der Waals surface area contributed by atoms with Crippen molar-refractivity contribution in [3.63, 3.8) is 0 Å². The fourth-order valence-corrected chi connectivity index (χ4v) is 5.23. The van der Waals surface area contributed by atoms with Gasteiger partial charge < -0.3 is 9.47 Å². The average Bonchev–Trinajstić information content (AvgIpc) is 2.48. The van der Waals surface area contributed by atoms with E-state index in [1.54, 1.807) is 0 Å². The molecule has 116 valence electrons. The first-order valence-corrected chi connectivity index (χ1v) is 8.08. The predicted octanol–water partition coefficient (Wildman–Crippen LogP) is 2.86. The summed E-state index contributed by atoms with van der Waals surface area (Å²) in [6.07, 6.45) is 8.08. The van der Waals surface area contributed by atoms with Crippen molar-refractivity contribution >= 4 is 11.9 Å². The third kappa shape index (κ3) is 2.49. The van der Waals surface area contributed by atoms with E-state index in [1.165, 1.54) is 32.1 Å². The molecule has 4 rings (SSSR count). The quantitative estimate of drug-likeness (QED) is 0.577. The maximum Gasteiger partial charge on any atom is 0.344 e. The lowest BCUT2D eigenvalue weighted by Gasteiger charge is -2.60. The second kappa shape index (κ2) is 5.47. The second-order valence-electron chi connectivity index (χ2n) is 6.90. The van der Waals surface area contributed by atoms with E-state index in [2.05, 4.69) is 13.5 Å². The number of ether oxygens (including phenoxy) is 2. The van der Waals surface area contributed by atoms with E-state index < -0.39 is 11.9 Å². The van der Waals surface area contributed by atoms with Crippen LogP contribution in [0.25, 0.3) is 0 Å². The summed E-state index contributed by atoms with van der Waals surface area (Å²) in [4.78, 5) is 23.1. The molecule has 4 saturated carbocycles. The molecule has 0 amide bonds. The SMILES string of the molecule is C=CC(=O)OCC(=O)OC1(CC)C2CC3CC(C2)CC1C3. The van der Waals surface area contributed by atoms with E-state index in [-0.39, 0.29) is 12.2 Å². The number of hydrogen-bond donors (Lipinski definition) is 0. The molecule has 0 N–H and O–H groups in total. The van der Waals surface area contributed by atoms with Crippen molar-refractivity contribution in [1.82, 2.24) is 0 Å². The van der Waals surface area contributed by atoms with Crippen molar-refractivity contribution in [3.8, 4) is 0 Å². The molecule has 0 radical (unpaired) electrons. The highest BCUT2D eigenvalue weighted by Crippen LogP contribution is 2.60. The van der Waals surface area contributed by atoms with Gasteiger partial charge in [-0.2, -0.15) is 0 Å². The highest BCUT2D eigenvalue weighted by molar-refractivity contribution is 5.83. The van der Waals surface area contributed by atoms with E-state index >= 15 is 0 Å². The Bertz CT molecular complexity index is 426. The van der Waals surface area contributed by atoms with E-state index in [4.69, 9.17) is 9.47 Å². The van der Waals surface area contributed by atoms with Gasteiger partial charge in [0, 0.05) is 6.08 Å². The van der Waals surface area contributed by atoms with Crippen LogP contribution >= 0.6 is 0 Å². The number of hydrogen-bond acceptors (Lipinski definition) is 4. The van der Waals surface area contributed by atoms with E-state index in [9.17, 15) is 9.59 Å². The molecule has 0 atom stereocenters. The van der Waals surface area contributed by atoms with Gasteiger partial charge in [0.05, 0.1) is 0 Å². The van der Waals surface area contributed by atoms with Crippen molar-refractivity contribution in [2.24, 2.45) is 23.7 Å². The molecule has 21 heavy (non-hydrogen) atoms. The van der Waals surface area contributed by atoms with Crippen molar-refractivity contribution in [1.29, 1.82) is 0 Å². The summed E-state index contributed by atoms with van der Waals surface area (Å²) >= 11 is 0. The summed E-state index contributed by atoms with van der Waals surface area (Å²) < 4.78 is 10.7. The average molecular weight is 292 g/mol. The molecule has 4 heteroatoms. The van der Waals surface area contributed by atoms with Crippen LogP contribution in [0.5, 0.6) is 0 Å². The van der Waals surface area contributed by atoms with Crippen LogP contribution < -0.4 is 0 Å². The summed E-state index contributed by atoms with van der Waals surface area (Å²) in [6.45, 7) is 5.13. The largest absolute Gasteiger partial charge is 0.456 e. The van der Waals surface area contributed by atoms with Gasteiger partial charge in [-0.05, 0) is 62.2 Å². The molecule has 4 aliphatic carbocycles. The van der Waals surface area contributed by atoms with Crippen molar-refractivity contribution in [2.75, 3.05) is 6.61 Å². The Morgan fingerprint density at radius 3 is 2.19 bits per heavy atom. The van der Waals surface area contributed by atoms with Crippen LogP contribution in [0.15, 0.2) is 12.7 Å². The normalized spacial score (nSPS) is 39.9. The summed E-state index contributed by atoms with van der Waals surface area (Å²) in [5, 5.41) is 0. The zero-order valence-corrected chi connectivity index (χ0v) is 12.7. The Morgan fingerprint density at radius 1 is 1.14 bits per heavy atom. The van der Waals surface area contributed by atoms with E-state index in [0.29, 0.717) is 11.8 Å². The van der Waals surface area contributed by atoms with Gasteiger partial charge in [0.1, 0.15) is 5.60 Å². The Hall–Kier alpha value is -1.32. The maximum absolute atomic E-state index is 12.1. The molecule has 0 aromatic rings. The van der Waals surface area contributed by atoms with Crippen LogP contribution in [0.1, 0.15) is 45.4 Å². The van der Waals surface area contributed by atoms with Gasteiger partial charge in [-0.1, -0.05) is 13.5 Å². The topological polar surface area (TPSA) is 52.6 Å². The lowest BCUT2D eigenvalue weighted by Crippen LogP contribution is -2.59. The molecule has 4 nitrogen and oxygen atoms in total. The van der Waals surface area contributed by atoms with Gasteiger partial charge in [-0.15, -0.1) is 0 Å². The minimum Gasteiger partial charge on any atom is -0.456 e. The highest BCUT2D eigenvalue weighted by atomic mass is 16.6. The van der Waals surface area contributed by atoms with Gasteiger partial charge in [-0.25, -0.2) is 9.59 Å². The molecule has 0 unspecified atom stereocenters. The summed E-state index contributed by atoms with van der Waals surface area (Å²) in [6, 6.07) is 0. The number of carbonyl (C=O) groups is 2. The summed E-state index contributed by atoms with van der Waals surface area (Å²) in [5.41, 5.74) is -0.314. The summed E-state index contributed by atoms with van der Waals surface area (Å²) in [7, 11) is 0. The molecule has 4 bridgehead atoms. The lowest BCUT2D eigenvalue weighted by atomic mass is 9.49. The highest BCUT2D eigenvalue weighted by Gasteiger charge is 2.58. The minimum absolute atomic E-state index is 0.307. The zero-order valence-electron chi connectivity index (χ0n) is 12.7. The third-order valence-corrected chi connectivity index (χ3v) is 5.88. The van der Waals surface area contributed by atoms with Crippen molar-refractivity contribution in [2.45, 2.75) is 51.0 Å². The minimum atomic E-state index is -0.581. The zero-order chi connectivity index (χ0) is 15.0. The van der Waals surface area contributed by atoms with E-state index in [1.807, 2.05) is 0 Å². The smallest absolute Gasteiger partial charge is 0.344 e. The fourth-order valence-electron chi connectivity index (χ4n) is 5.23. The standard InChI is InChI=1S/C17H24O4/c1-3-15(18)20-10-16(19)21-17(4-2)13-6-11-5-12(8-13)9-14(17)7-11/h3,11-14H,1,4-10H2,2H3. The first-order valence-electron chi connectivity index (χ1n) is 8.08. The van der Waals surface area contributed by atoms with E-state index in [0.717, 1.165) is 24.3 Å². The Balaban J connectivity index is 1.68. The molecule has 0 aromatic heterocycles. The molecule has 0 heterocycles. The third-order valence-electron chi connectivity index (χ3n) is 5.88. The molecular weight excluding hydrogens is 268 g/mol. The Kier molecular flexibility index (Phi) is 3.80. The monoisotopic (exact) mass is 292 g/mol. The van der Waals surface area contributed by atoms with Gasteiger partial charge in [-0.3, -0.25) is 0 Å².